The van der Waals surface area contributed by atoms with E-state index in [-0.39, 0.29) is 11.8 Å². The first-order valence-corrected chi connectivity index (χ1v) is 11.6. The van der Waals surface area contributed by atoms with E-state index in [4.69, 9.17) is 0 Å². The molecular weight excluding hydrogens is 388 g/mol. The van der Waals surface area contributed by atoms with Gasteiger partial charge in [0.1, 0.15) is 0 Å². The second-order valence-corrected chi connectivity index (χ2v) is 8.87. The van der Waals surface area contributed by atoms with Crippen molar-refractivity contribution < 1.29 is 4.79 Å². The zero-order valence-electron chi connectivity index (χ0n) is 17.2. The summed E-state index contributed by atoms with van der Waals surface area (Å²) in [7, 11) is 0. The van der Waals surface area contributed by atoms with Gasteiger partial charge in [-0.3, -0.25) is 9.69 Å². The molecule has 1 aliphatic heterocycles. The molecular formula is C26H28N2OS. The number of thioether (sulfide) groups is 1. The van der Waals surface area contributed by atoms with Gasteiger partial charge in [0.05, 0.1) is 0 Å². The highest BCUT2D eigenvalue weighted by atomic mass is 32.2. The highest BCUT2D eigenvalue weighted by molar-refractivity contribution is 7.98. The Labute approximate surface area is 183 Å². The van der Waals surface area contributed by atoms with Crippen LogP contribution in [0.15, 0.2) is 89.8 Å². The van der Waals surface area contributed by atoms with Crippen molar-refractivity contribution in [3.05, 3.63) is 96.1 Å². The summed E-state index contributed by atoms with van der Waals surface area (Å²) in [5, 5.41) is 3.11. The molecule has 3 nitrogen and oxygen atoms in total. The number of piperidine rings is 1. The van der Waals surface area contributed by atoms with Crippen molar-refractivity contribution >= 4 is 23.4 Å². The van der Waals surface area contributed by atoms with Crippen molar-refractivity contribution in [2.75, 3.05) is 18.4 Å². The van der Waals surface area contributed by atoms with Crippen LogP contribution >= 0.6 is 11.8 Å². The third kappa shape index (κ3) is 5.97. The molecule has 0 saturated carbocycles. The van der Waals surface area contributed by atoms with Gasteiger partial charge in [0.15, 0.2) is 0 Å². The van der Waals surface area contributed by atoms with E-state index < -0.39 is 0 Å². The van der Waals surface area contributed by atoms with Gasteiger partial charge in [-0.2, -0.15) is 0 Å². The molecule has 1 fully saturated rings. The highest BCUT2D eigenvalue weighted by Crippen LogP contribution is 2.24. The Morgan fingerprint density at radius 3 is 2.13 bits per heavy atom. The topological polar surface area (TPSA) is 32.3 Å². The average molecular weight is 417 g/mol. The SMILES string of the molecule is O=C(Nc1ccc(CSc2ccccc2)cc1)C1CCN(Cc2ccccc2)CC1. The smallest absolute Gasteiger partial charge is 0.227 e. The van der Waals surface area contributed by atoms with Crippen molar-refractivity contribution in [2.24, 2.45) is 5.92 Å². The molecule has 1 saturated heterocycles. The Morgan fingerprint density at radius 1 is 0.833 bits per heavy atom. The van der Waals surface area contributed by atoms with Crippen LogP contribution in [0, 0.1) is 5.92 Å². The summed E-state index contributed by atoms with van der Waals surface area (Å²) in [6.45, 7) is 2.92. The third-order valence-corrected chi connectivity index (χ3v) is 6.66. The summed E-state index contributed by atoms with van der Waals surface area (Å²) in [4.78, 5) is 16.4. The van der Waals surface area contributed by atoms with E-state index in [0.29, 0.717) is 0 Å². The van der Waals surface area contributed by atoms with Crippen LogP contribution in [0.1, 0.15) is 24.0 Å². The van der Waals surface area contributed by atoms with Crippen molar-refractivity contribution in [3.63, 3.8) is 0 Å². The van der Waals surface area contributed by atoms with Crippen molar-refractivity contribution in [1.29, 1.82) is 0 Å². The van der Waals surface area contributed by atoms with E-state index in [1.165, 1.54) is 16.0 Å². The number of benzene rings is 3. The van der Waals surface area contributed by atoms with Gasteiger partial charge in [-0.1, -0.05) is 60.7 Å². The summed E-state index contributed by atoms with van der Waals surface area (Å²) in [6, 6.07) is 29.2. The average Bonchev–Trinajstić information content (AvgIpc) is 2.80. The number of rotatable bonds is 7. The van der Waals surface area contributed by atoms with Gasteiger partial charge in [0.2, 0.25) is 5.91 Å². The Hall–Kier alpha value is -2.56. The van der Waals surface area contributed by atoms with Gasteiger partial charge in [-0.15, -0.1) is 11.8 Å². The minimum Gasteiger partial charge on any atom is -0.326 e. The lowest BCUT2D eigenvalue weighted by Gasteiger charge is -2.31. The fraction of sp³-hybridized carbons (Fsp3) is 0.269. The van der Waals surface area contributed by atoms with Crippen LogP contribution in [0.4, 0.5) is 5.69 Å². The Morgan fingerprint density at radius 2 is 1.47 bits per heavy atom. The second kappa shape index (κ2) is 10.5. The standard InChI is InChI=1S/C26H28N2OS/c29-26(23-15-17-28(18-16-23)19-21-7-3-1-4-8-21)27-24-13-11-22(12-14-24)20-30-25-9-5-2-6-10-25/h1-14,23H,15-20H2,(H,27,29). The third-order valence-electron chi connectivity index (χ3n) is 5.58. The summed E-state index contributed by atoms with van der Waals surface area (Å²) in [5.74, 6) is 1.18. The van der Waals surface area contributed by atoms with E-state index in [2.05, 4.69) is 76.9 Å². The van der Waals surface area contributed by atoms with Crippen molar-refractivity contribution in [3.8, 4) is 0 Å². The van der Waals surface area contributed by atoms with Crippen LogP contribution in [0.25, 0.3) is 0 Å². The van der Waals surface area contributed by atoms with E-state index in [1.54, 1.807) is 0 Å². The number of likely N-dealkylation sites (tertiary alicyclic amines) is 1. The Balaban J connectivity index is 1.22. The molecule has 1 aliphatic rings. The van der Waals surface area contributed by atoms with Crippen LogP contribution in [-0.4, -0.2) is 23.9 Å². The largest absolute Gasteiger partial charge is 0.326 e. The predicted octanol–water partition coefficient (Wildman–Crippen LogP) is 5.83. The minimum atomic E-state index is 0.102. The first kappa shape index (κ1) is 20.7. The molecule has 0 unspecified atom stereocenters. The molecule has 4 rings (SSSR count). The highest BCUT2D eigenvalue weighted by Gasteiger charge is 2.25. The summed E-state index contributed by atoms with van der Waals surface area (Å²) < 4.78 is 0. The first-order valence-electron chi connectivity index (χ1n) is 10.6. The quantitative estimate of drug-likeness (QED) is 0.492. The summed E-state index contributed by atoms with van der Waals surface area (Å²) >= 11 is 1.82. The number of carbonyl (C=O) groups excluding carboxylic acids is 1. The monoisotopic (exact) mass is 416 g/mol. The van der Waals surface area contributed by atoms with Crippen LogP contribution in [0.2, 0.25) is 0 Å². The van der Waals surface area contributed by atoms with Gasteiger partial charge in [-0.25, -0.2) is 0 Å². The number of nitrogens with one attached hydrogen (secondary N) is 1. The van der Waals surface area contributed by atoms with Gasteiger partial charge in [0, 0.05) is 28.8 Å². The lowest BCUT2D eigenvalue weighted by atomic mass is 9.95. The van der Waals surface area contributed by atoms with Gasteiger partial charge >= 0.3 is 0 Å². The summed E-state index contributed by atoms with van der Waals surface area (Å²) in [5.41, 5.74) is 3.49. The van der Waals surface area contributed by atoms with Gasteiger partial charge in [-0.05, 0) is 61.3 Å². The van der Waals surface area contributed by atoms with Crippen LogP contribution < -0.4 is 5.32 Å². The molecule has 1 N–H and O–H groups in total. The zero-order valence-corrected chi connectivity index (χ0v) is 18.0. The number of nitrogens with zero attached hydrogens (tertiary/aromatic N) is 1. The molecule has 0 atom stereocenters. The lowest BCUT2D eigenvalue weighted by molar-refractivity contribution is -0.121. The Kier molecular flexibility index (Phi) is 7.22. The molecule has 3 aromatic rings. The number of amides is 1. The molecule has 4 heteroatoms. The molecule has 0 aliphatic carbocycles. The number of hydrogen-bond donors (Lipinski definition) is 1. The molecule has 0 aromatic heterocycles. The molecule has 0 spiro atoms. The molecule has 0 radical (unpaired) electrons. The fourth-order valence-electron chi connectivity index (χ4n) is 3.81. The maximum Gasteiger partial charge on any atom is 0.227 e. The minimum absolute atomic E-state index is 0.102. The normalized spacial score (nSPS) is 15.1. The second-order valence-electron chi connectivity index (χ2n) is 7.82. The summed E-state index contributed by atoms with van der Waals surface area (Å²) in [6.07, 6.45) is 1.84. The maximum absolute atomic E-state index is 12.7. The van der Waals surface area contributed by atoms with Crippen LogP contribution in [0.5, 0.6) is 0 Å². The predicted molar refractivity (Wildman–Crippen MR) is 126 cm³/mol. The number of anilines is 1. The van der Waals surface area contributed by atoms with Crippen molar-refractivity contribution in [2.45, 2.75) is 30.0 Å². The molecule has 1 amide bonds. The molecule has 154 valence electrons. The van der Waals surface area contributed by atoms with Crippen molar-refractivity contribution in [1.82, 2.24) is 4.90 Å². The van der Waals surface area contributed by atoms with Gasteiger partial charge in [0.25, 0.3) is 0 Å². The van der Waals surface area contributed by atoms with E-state index in [0.717, 1.165) is 43.9 Å². The molecule has 30 heavy (non-hydrogen) atoms. The number of hydrogen-bond acceptors (Lipinski definition) is 3. The van der Waals surface area contributed by atoms with Crippen LogP contribution in [-0.2, 0) is 17.1 Å². The van der Waals surface area contributed by atoms with Gasteiger partial charge < -0.3 is 5.32 Å². The Bertz CT molecular complexity index is 920. The number of carbonyl (C=O) groups is 1. The fourth-order valence-corrected chi connectivity index (χ4v) is 4.68. The first-order chi connectivity index (χ1) is 14.8. The van der Waals surface area contributed by atoms with E-state index in [9.17, 15) is 4.79 Å². The molecule has 0 bridgehead atoms. The zero-order chi connectivity index (χ0) is 20.6. The van der Waals surface area contributed by atoms with Crippen LogP contribution in [0.3, 0.4) is 0 Å². The van der Waals surface area contributed by atoms with E-state index in [1.807, 2.05) is 30.0 Å². The molecule has 3 aromatic carbocycles. The lowest BCUT2D eigenvalue weighted by Crippen LogP contribution is -2.37. The molecule has 1 heterocycles. The maximum atomic E-state index is 12.7. The van der Waals surface area contributed by atoms with E-state index >= 15 is 0 Å².